The molecule has 0 atom stereocenters. The predicted octanol–water partition coefficient (Wildman–Crippen LogP) is 1.42. The molecule has 1 amide bonds. The second-order valence-corrected chi connectivity index (χ2v) is 7.49. The van der Waals surface area contributed by atoms with Crippen molar-refractivity contribution in [3.8, 4) is 0 Å². The minimum absolute atomic E-state index is 0.0974. The zero-order valence-electron chi connectivity index (χ0n) is 12.2. The van der Waals surface area contributed by atoms with Crippen molar-refractivity contribution >= 4 is 21.7 Å². The van der Waals surface area contributed by atoms with Gasteiger partial charge in [-0.05, 0) is 38.1 Å². The Kier molecular flexibility index (Phi) is 5.48. The molecule has 0 saturated heterocycles. The third-order valence-electron chi connectivity index (χ3n) is 3.06. The molecule has 0 spiro atoms. The van der Waals surface area contributed by atoms with Crippen LogP contribution in [0.5, 0.6) is 0 Å². The van der Waals surface area contributed by atoms with E-state index in [0.717, 1.165) is 0 Å². The molecule has 0 saturated carbocycles. The van der Waals surface area contributed by atoms with E-state index in [-0.39, 0.29) is 23.8 Å². The van der Waals surface area contributed by atoms with Gasteiger partial charge < -0.3 is 10.0 Å². The fraction of sp³-hybridized carbons (Fsp3) is 0.429. The molecule has 1 rings (SSSR count). The summed E-state index contributed by atoms with van der Waals surface area (Å²) in [6.07, 6.45) is -0.137. The van der Waals surface area contributed by atoms with E-state index in [1.807, 2.05) is 0 Å². The zero-order valence-corrected chi connectivity index (χ0v) is 13.1. The fourth-order valence-electron chi connectivity index (χ4n) is 1.64. The van der Waals surface area contributed by atoms with Gasteiger partial charge in [0.2, 0.25) is 0 Å². The van der Waals surface area contributed by atoms with E-state index in [1.165, 1.54) is 36.2 Å². The average Bonchev–Trinajstić information content (AvgIpc) is 2.43. The monoisotopic (exact) mass is 313 g/mol. The van der Waals surface area contributed by atoms with Gasteiger partial charge in [0.05, 0.1) is 16.6 Å². The third kappa shape index (κ3) is 4.29. The first-order valence-electron chi connectivity index (χ1n) is 6.47. The number of carboxylic acids is 1. The van der Waals surface area contributed by atoms with Gasteiger partial charge >= 0.3 is 5.97 Å². The Labute approximate surface area is 124 Å². The standard InChI is InChI=1S/C14H19NO5S/c1-10(2)21(19,20)12-6-4-11(5-7-12)14(18)15(3)9-8-13(16)17/h4-7,10H,8-9H2,1-3H3,(H,16,17). The highest BCUT2D eigenvalue weighted by Gasteiger charge is 2.20. The number of carboxylic acid groups (broad SMARTS) is 1. The number of amides is 1. The summed E-state index contributed by atoms with van der Waals surface area (Å²) >= 11 is 0. The van der Waals surface area contributed by atoms with E-state index in [1.54, 1.807) is 13.8 Å². The van der Waals surface area contributed by atoms with Gasteiger partial charge in [0.1, 0.15) is 0 Å². The van der Waals surface area contributed by atoms with Gasteiger partial charge in [-0.3, -0.25) is 9.59 Å². The number of carbonyl (C=O) groups excluding carboxylic acids is 1. The second-order valence-electron chi connectivity index (χ2n) is 4.99. The molecule has 21 heavy (non-hydrogen) atoms. The summed E-state index contributed by atoms with van der Waals surface area (Å²) < 4.78 is 23.9. The van der Waals surface area contributed by atoms with Crippen LogP contribution in [0.15, 0.2) is 29.2 Å². The van der Waals surface area contributed by atoms with Gasteiger partial charge in [0, 0.05) is 19.2 Å². The number of nitrogens with zero attached hydrogens (tertiary/aromatic N) is 1. The Morgan fingerprint density at radius 2 is 1.71 bits per heavy atom. The maximum absolute atomic E-state index is 12.0. The summed E-state index contributed by atoms with van der Waals surface area (Å²) in [5, 5.41) is 8.06. The van der Waals surface area contributed by atoms with Crippen molar-refractivity contribution in [3.63, 3.8) is 0 Å². The molecule has 1 N–H and O–H groups in total. The summed E-state index contributed by atoms with van der Waals surface area (Å²) in [4.78, 5) is 24.0. The number of rotatable bonds is 6. The van der Waals surface area contributed by atoms with Gasteiger partial charge in [-0.1, -0.05) is 0 Å². The second kappa shape index (κ2) is 6.71. The molecule has 0 aliphatic heterocycles. The molecular weight excluding hydrogens is 294 g/mol. The molecule has 1 aromatic carbocycles. The summed E-state index contributed by atoms with van der Waals surface area (Å²) in [6.45, 7) is 3.28. The van der Waals surface area contributed by atoms with E-state index in [9.17, 15) is 18.0 Å². The zero-order chi connectivity index (χ0) is 16.2. The molecule has 7 heteroatoms. The molecule has 1 aromatic rings. The van der Waals surface area contributed by atoms with Gasteiger partial charge in [0.15, 0.2) is 9.84 Å². The maximum atomic E-state index is 12.0. The largest absolute Gasteiger partial charge is 0.481 e. The van der Waals surface area contributed by atoms with Crippen molar-refractivity contribution in [2.24, 2.45) is 0 Å². The number of carbonyl (C=O) groups is 2. The molecule has 0 heterocycles. The lowest BCUT2D eigenvalue weighted by molar-refractivity contribution is -0.137. The van der Waals surface area contributed by atoms with Gasteiger partial charge in [-0.25, -0.2) is 8.42 Å². The van der Waals surface area contributed by atoms with Crippen molar-refractivity contribution in [1.82, 2.24) is 4.90 Å². The minimum Gasteiger partial charge on any atom is -0.481 e. The number of hydrogen-bond acceptors (Lipinski definition) is 4. The normalized spacial score (nSPS) is 11.4. The van der Waals surface area contributed by atoms with Crippen LogP contribution in [-0.2, 0) is 14.6 Å². The van der Waals surface area contributed by atoms with Crippen LogP contribution in [0.2, 0.25) is 0 Å². The Morgan fingerprint density at radius 1 is 1.19 bits per heavy atom. The Balaban J connectivity index is 2.88. The fourth-order valence-corrected chi connectivity index (χ4v) is 2.70. The van der Waals surface area contributed by atoms with Crippen LogP contribution in [0, 0.1) is 0 Å². The van der Waals surface area contributed by atoms with Gasteiger partial charge in [0.25, 0.3) is 5.91 Å². The SMILES string of the molecule is CC(C)S(=O)(=O)c1ccc(C(=O)N(C)CCC(=O)O)cc1. The maximum Gasteiger partial charge on any atom is 0.305 e. The minimum atomic E-state index is -3.36. The predicted molar refractivity (Wildman–Crippen MR) is 78.0 cm³/mol. The van der Waals surface area contributed by atoms with Crippen molar-refractivity contribution in [2.45, 2.75) is 30.4 Å². The molecule has 0 aliphatic rings. The third-order valence-corrected chi connectivity index (χ3v) is 5.23. The van der Waals surface area contributed by atoms with Crippen molar-refractivity contribution in [1.29, 1.82) is 0 Å². The van der Waals surface area contributed by atoms with E-state index >= 15 is 0 Å². The van der Waals surface area contributed by atoms with Crippen LogP contribution in [0.3, 0.4) is 0 Å². The van der Waals surface area contributed by atoms with Crippen molar-refractivity contribution in [3.05, 3.63) is 29.8 Å². The van der Waals surface area contributed by atoms with Crippen LogP contribution < -0.4 is 0 Å². The lowest BCUT2D eigenvalue weighted by Crippen LogP contribution is -2.29. The number of sulfone groups is 1. The van der Waals surface area contributed by atoms with Gasteiger partial charge in [-0.2, -0.15) is 0 Å². The van der Waals surface area contributed by atoms with E-state index in [0.29, 0.717) is 5.56 Å². The smallest absolute Gasteiger partial charge is 0.305 e. The first kappa shape index (κ1) is 17.2. The van der Waals surface area contributed by atoms with E-state index < -0.39 is 21.1 Å². The molecule has 0 radical (unpaired) electrons. The number of hydrogen-bond donors (Lipinski definition) is 1. The molecule has 0 unspecified atom stereocenters. The summed E-state index contributed by atoms with van der Waals surface area (Å²) in [5.74, 6) is -1.32. The topological polar surface area (TPSA) is 91.8 Å². The first-order chi connectivity index (χ1) is 9.66. The lowest BCUT2D eigenvalue weighted by atomic mass is 10.2. The molecular formula is C14H19NO5S. The van der Waals surface area contributed by atoms with Crippen molar-refractivity contribution < 1.29 is 23.1 Å². The van der Waals surface area contributed by atoms with E-state index in [4.69, 9.17) is 5.11 Å². The van der Waals surface area contributed by atoms with Crippen LogP contribution in [0.1, 0.15) is 30.6 Å². The first-order valence-corrected chi connectivity index (χ1v) is 8.02. The molecule has 116 valence electrons. The highest BCUT2D eigenvalue weighted by molar-refractivity contribution is 7.92. The van der Waals surface area contributed by atoms with Crippen LogP contribution in [0.4, 0.5) is 0 Å². The highest BCUT2D eigenvalue weighted by Crippen LogP contribution is 2.17. The van der Waals surface area contributed by atoms with Gasteiger partial charge in [-0.15, -0.1) is 0 Å². The quantitative estimate of drug-likeness (QED) is 0.857. The van der Waals surface area contributed by atoms with Crippen molar-refractivity contribution in [2.75, 3.05) is 13.6 Å². The van der Waals surface area contributed by atoms with Crippen LogP contribution >= 0.6 is 0 Å². The molecule has 0 aliphatic carbocycles. The Bertz CT molecular complexity index is 619. The molecule has 6 nitrogen and oxygen atoms in total. The Morgan fingerprint density at radius 3 is 2.14 bits per heavy atom. The van der Waals surface area contributed by atoms with Crippen LogP contribution in [0.25, 0.3) is 0 Å². The summed E-state index contributed by atoms with van der Waals surface area (Å²) in [7, 11) is -1.86. The molecule has 0 aromatic heterocycles. The lowest BCUT2D eigenvalue weighted by Gasteiger charge is -2.16. The molecule has 0 bridgehead atoms. The molecule has 0 fully saturated rings. The van der Waals surface area contributed by atoms with E-state index in [2.05, 4.69) is 0 Å². The van der Waals surface area contributed by atoms with Crippen LogP contribution in [-0.4, -0.2) is 49.1 Å². The Hall–Kier alpha value is -1.89. The summed E-state index contributed by atoms with van der Waals surface area (Å²) in [6, 6.07) is 5.67. The average molecular weight is 313 g/mol. The number of benzene rings is 1. The number of aliphatic carboxylic acids is 1. The summed E-state index contributed by atoms with van der Waals surface area (Å²) in [5.41, 5.74) is 0.325. The highest BCUT2D eigenvalue weighted by atomic mass is 32.2.